The molecular formula is C14H15N3O2. The summed E-state index contributed by atoms with van der Waals surface area (Å²) >= 11 is 0. The monoisotopic (exact) mass is 257 g/mol. The first-order valence-corrected chi connectivity index (χ1v) is 5.86. The van der Waals surface area contributed by atoms with E-state index >= 15 is 0 Å². The summed E-state index contributed by atoms with van der Waals surface area (Å²) < 4.78 is 5.61. The Labute approximate surface area is 111 Å². The minimum Gasteiger partial charge on any atom is -0.488 e. The van der Waals surface area contributed by atoms with Gasteiger partial charge in [0.05, 0.1) is 11.3 Å². The van der Waals surface area contributed by atoms with Crippen molar-refractivity contribution in [2.75, 3.05) is 0 Å². The lowest BCUT2D eigenvalue weighted by atomic mass is 10.2. The molecule has 0 saturated heterocycles. The number of carbonyl (C=O) groups excluding carboxylic acids is 1. The number of para-hydroxylation sites is 1. The number of pyridine rings is 1. The van der Waals surface area contributed by atoms with Crippen molar-refractivity contribution in [1.82, 2.24) is 4.98 Å². The average Bonchev–Trinajstić information content (AvgIpc) is 2.45. The van der Waals surface area contributed by atoms with E-state index in [1.807, 2.05) is 12.1 Å². The van der Waals surface area contributed by atoms with Crippen molar-refractivity contribution in [1.29, 1.82) is 0 Å². The van der Waals surface area contributed by atoms with E-state index in [4.69, 9.17) is 16.2 Å². The van der Waals surface area contributed by atoms with Crippen molar-refractivity contribution in [3.8, 4) is 5.75 Å². The van der Waals surface area contributed by atoms with Crippen molar-refractivity contribution >= 4 is 5.91 Å². The van der Waals surface area contributed by atoms with Crippen LogP contribution in [0, 0.1) is 0 Å². The number of hydrogen-bond donors (Lipinski definition) is 2. The third-order valence-corrected chi connectivity index (χ3v) is 2.64. The minimum absolute atomic E-state index is 0.333. The lowest BCUT2D eigenvalue weighted by molar-refractivity contribution is 0.0996. The smallest absolute Gasteiger partial charge is 0.252 e. The predicted octanol–water partition coefficient (Wildman–Crippen LogP) is 1.22. The standard InChI is InChI=1S/C14H15N3O2/c15-8-11-7-10(5-6-17-11)9-19-13-4-2-1-3-12(13)14(16)18/h1-7H,8-9,15H2,(H2,16,18). The number of hydrogen-bond acceptors (Lipinski definition) is 4. The van der Waals surface area contributed by atoms with Crippen LogP contribution in [0.25, 0.3) is 0 Å². The first-order valence-electron chi connectivity index (χ1n) is 5.86. The molecule has 2 aromatic rings. The van der Waals surface area contributed by atoms with Crippen molar-refractivity contribution in [3.63, 3.8) is 0 Å². The lowest BCUT2D eigenvalue weighted by Crippen LogP contribution is -2.13. The Hall–Kier alpha value is -2.40. The summed E-state index contributed by atoms with van der Waals surface area (Å²) in [5.41, 5.74) is 12.9. The molecule has 0 saturated carbocycles. The van der Waals surface area contributed by atoms with E-state index in [9.17, 15) is 4.79 Å². The topological polar surface area (TPSA) is 91.2 Å². The van der Waals surface area contributed by atoms with Gasteiger partial charge in [0.25, 0.3) is 5.91 Å². The third-order valence-electron chi connectivity index (χ3n) is 2.64. The molecule has 0 radical (unpaired) electrons. The third kappa shape index (κ3) is 3.29. The average molecular weight is 257 g/mol. The van der Waals surface area contributed by atoms with E-state index in [1.54, 1.807) is 30.5 Å². The van der Waals surface area contributed by atoms with E-state index in [2.05, 4.69) is 4.98 Å². The number of nitrogens with zero attached hydrogens (tertiary/aromatic N) is 1. The Kier molecular flexibility index (Phi) is 4.10. The second-order valence-electron chi connectivity index (χ2n) is 4.01. The van der Waals surface area contributed by atoms with Gasteiger partial charge in [-0.05, 0) is 29.8 Å². The van der Waals surface area contributed by atoms with Crippen LogP contribution >= 0.6 is 0 Å². The maximum atomic E-state index is 11.2. The summed E-state index contributed by atoms with van der Waals surface area (Å²) in [5, 5.41) is 0. The van der Waals surface area contributed by atoms with E-state index < -0.39 is 5.91 Å². The quantitative estimate of drug-likeness (QED) is 0.842. The van der Waals surface area contributed by atoms with Crippen molar-refractivity contribution < 1.29 is 9.53 Å². The number of nitrogens with two attached hydrogens (primary N) is 2. The number of benzene rings is 1. The normalized spacial score (nSPS) is 10.2. The molecule has 1 amide bonds. The van der Waals surface area contributed by atoms with E-state index in [0.717, 1.165) is 11.3 Å². The molecule has 0 atom stereocenters. The molecule has 2 rings (SSSR count). The van der Waals surface area contributed by atoms with Crippen LogP contribution in [-0.2, 0) is 13.2 Å². The molecule has 1 aromatic carbocycles. The second kappa shape index (κ2) is 5.97. The van der Waals surface area contributed by atoms with Crippen molar-refractivity contribution in [2.45, 2.75) is 13.2 Å². The molecule has 0 fully saturated rings. The zero-order valence-electron chi connectivity index (χ0n) is 10.4. The molecule has 4 N–H and O–H groups in total. The van der Waals surface area contributed by atoms with Crippen LogP contribution in [0.2, 0.25) is 0 Å². The number of amides is 1. The highest BCUT2D eigenvalue weighted by atomic mass is 16.5. The Balaban J connectivity index is 2.12. The van der Waals surface area contributed by atoms with Crippen LogP contribution in [-0.4, -0.2) is 10.9 Å². The van der Waals surface area contributed by atoms with Gasteiger partial charge < -0.3 is 16.2 Å². The largest absolute Gasteiger partial charge is 0.488 e. The summed E-state index contributed by atoms with van der Waals surface area (Å²) in [6, 6.07) is 10.6. The van der Waals surface area contributed by atoms with Crippen LogP contribution in [0.3, 0.4) is 0 Å². The molecule has 0 bridgehead atoms. The molecule has 0 aliphatic rings. The van der Waals surface area contributed by atoms with Crippen molar-refractivity contribution in [3.05, 3.63) is 59.4 Å². The molecule has 1 aromatic heterocycles. The lowest BCUT2D eigenvalue weighted by Gasteiger charge is -2.09. The molecular weight excluding hydrogens is 242 g/mol. The highest BCUT2D eigenvalue weighted by molar-refractivity contribution is 5.95. The van der Waals surface area contributed by atoms with Gasteiger partial charge in [-0.15, -0.1) is 0 Å². The summed E-state index contributed by atoms with van der Waals surface area (Å²) in [6.45, 7) is 0.714. The summed E-state index contributed by atoms with van der Waals surface area (Å²) in [4.78, 5) is 15.4. The predicted molar refractivity (Wildman–Crippen MR) is 71.4 cm³/mol. The van der Waals surface area contributed by atoms with Gasteiger partial charge in [-0.25, -0.2) is 0 Å². The van der Waals surface area contributed by atoms with E-state index in [1.165, 1.54) is 0 Å². The maximum Gasteiger partial charge on any atom is 0.252 e. The summed E-state index contributed by atoms with van der Waals surface area (Å²) in [5.74, 6) is -0.0333. The fraction of sp³-hybridized carbons (Fsp3) is 0.143. The number of carbonyl (C=O) groups is 1. The highest BCUT2D eigenvalue weighted by Crippen LogP contribution is 2.18. The fourth-order valence-corrected chi connectivity index (χ4v) is 1.69. The highest BCUT2D eigenvalue weighted by Gasteiger charge is 2.08. The maximum absolute atomic E-state index is 11.2. The number of ether oxygens (including phenoxy) is 1. The van der Waals surface area contributed by atoms with Crippen LogP contribution in [0.4, 0.5) is 0 Å². The van der Waals surface area contributed by atoms with Crippen LogP contribution in [0.5, 0.6) is 5.75 Å². The van der Waals surface area contributed by atoms with Gasteiger partial charge in [0.1, 0.15) is 12.4 Å². The van der Waals surface area contributed by atoms with Gasteiger partial charge >= 0.3 is 0 Å². The molecule has 1 heterocycles. The fourth-order valence-electron chi connectivity index (χ4n) is 1.69. The number of aromatic nitrogens is 1. The molecule has 19 heavy (non-hydrogen) atoms. The van der Waals surface area contributed by atoms with E-state index in [0.29, 0.717) is 24.5 Å². The number of rotatable bonds is 5. The molecule has 0 aliphatic carbocycles. The molecule has 5 heteroatoms. The molecule has 0 unspecified atom stereocenters. The first-order chi connectivity index (χ1) is 9.20. The summed E-state index contributed by atoms with van der Waals surface area (Å²) in [6.07, 6.45) is 1.68. The van der Waals surface area contributed by atoms with Gasteiger partial charge in [-0.2, -0.15) is 0 Å². The van der Waals surface area contributed by atoms with Crippen LogP contribution in [0.15, 0.2) is 42.6 Å². The molecule has 98 valence electrons. The zero-order valence-corrected chi connectivity index (χ0v) is 10.4. The molecule has 0 aliphatic heterocycles. The summed E-state index contributed by atoms with van der Waals surface area (Å²) in [7, 11) is 0. The molecule has 5 nitrogen and oxygen atoms in total. The second-order valence-corrected chi connectivity index (χ2v) is 4.01. The zero-order chi connectivity index (χ0) is 13.7. The van der Waals surface area contributed by atoms with Crippen molar-refractivity contribution in [2.24, 2.45) is 11.5 Å². The van der Waals surface area contributed by atoms with Gasteiger partial charge in [0, 0.05) is 12.7 Å². The Morgan fingerprint density at radius 3 is 2.79 bits per heavy atom. The molecule has 0 spiro atoms. The van der Waals surface area contributed by atoms with E-state index in [-0.39, 0.29) is 0 Å². The van der Waals surface area contributed by atoms with Gasteiger partial charge in [0.15, 0.2) is 0 Å². The van der Waals surface area contributed by atoms with Crippen LogP contribution in [0.1, 0.15) is 21.6 Å². The van der Waals surface area contributed by atoms with Crippen LogP contribution < -0.4 is 16.2 Å². The Morgan fingerprint density at radius 1 is 1.26 bits per heavy atom. The van der Waals surface area contributed by atoms with Gasteiger partial charge in [-0.1, -0.05) is 12.1 Å². The number of primary amides is 1. The SMILES string of the molecule is NCc1cc(COc2ccccc2C(N)=O)ccn1. The minimum atomic E-state index is -0.507. The Bertz CT molecular complexity index is 584. The Morgan fingerprint density at radius 2 is 2.05 bits per heavy atom. The first kappa shape index (κ1) is 13.0. The van der Waals surface area contributed by atoms with Gasteiger partial charge in [-0.3, -0.25) is 9.78 Å². The van der Waals surface area contributed by atoms with Gasteiger partial charge in [0.2, 0.25) is 0 Å².